The molecule has 0 spiro atoms. The minimum atomic E-state index is -0.694. The number of amides is 3. The topological polar surface area (TPSA) is 175 Å². The molecule has 4 aliphatic rings. The maximum atomic E-state index is 13.4. The van der Waals surface area contributed by atoms with Gasteiger partial charge in [0.25, 0.3) is 0 Å². The maximum absolute atomic E-state index is 13.4. The number of aromatic amines is 2. The summed E-state index contributed by atoms with van der Waals surface area (Å²) in [7, 11) is 1.28. The number of aromatic nitrogens is 5. The van der Waals surface area contributed by atoms with Gasteiger partial charge in [-0.3, -0.25) is 19.4 Å². The number of nitrogens with zero attached hydrogens (tertiary/aromatic N) is 4. The number of alkyl carbamates (subject to hydrolysis) is 1. The van der Waals surface area contributed by atoms with Crippen LogP contribution in [0.2, 0.25) is 0 Å². The highest BCUT2D eigenvalue weighted by molar-refractivity contribution is 6.22. The molecule has 4 N–H and O–H groups in total. The van der Waals surface area contributed by atoms with Gasteiger partial charge in [-0.2, -0.15) is 0 Å². The minimum Gasteiger partial charge on any atom is -0.453 e. The van der Waals surface area contributed by atoms with Crippen molar-refractivity contribution in [2.75, 3.05) is 13.7 Å². The first-order valence-electron chi connectivity index (χ1n) is 19.9. The lowest BCUT2D eigenvalue weighted by atomic mass is 9.88. The summed E-state index contributed by atoms with van der Waals surface area (Å²) in [4.78, 5) is 71.8. The van der Waals surface area contributed by atoms with Gasteiger partial charge in [0.1, 0.15) is 11.9 Å². The number of hydrogen-bond donors (Lipinski definition) is 4. The quantitative estimate of drug-likeness (QED) is 0.123. The van der Waals surface area contributed by atoms with Crippen LogP contribution in [-0.4, -0.2) is 73.2 Å². The van der Waals surface area contributed by atoms with Crippen molar-refractivity contribution < 1.29 is 23.9 Å². The Morgan fingerprint density at radius 3 is 2.32 bits per heavy atom. The molecule has 9 rings (SSSR count). The number of fused-ring (bicyclic) bond motifs is 5. The summed E-state index contributed by atoms with van der Waals surface area (Å²) in [6, 6.07) is 14.7. The van der Waals surface area contributed by atoms with Gasteiger partial charge in [0.15, 0.2) is 5.78 Å². The number of rotatable bonds is 9. The van der Waals surface area contributed by atoms with Gasteiger partial charge >= 0.3 is 6.09 Å². The summed E-state index contributed by atoms with van der Waals surface area (Å²) in [6.45, 7) is 4.97. The minimum absolute atomic E-state index is 0.0154. The highest BCUT2D eigenvalue weighted by Crippen LogP contribution is 2.48. The molecule has 0 radical (unpaired) electrons. The molecule has 1 aliphatic heterocycles. The number of carbonyl (C=O) groups is 4. The predicted molar refractivity (Wildman–Crippen MR) is 213 cm³/mol. The molecule has 3 aliphatic carbocycles. The number of carbonyl (C=O) groups excluding carboxylic acids is 4. The third-order valence-electron chi connectivity index (χ3n) is 12.0. The standard InChI is InChI=1S/C30H30N6O4.C14H18N2O/c1-16(2)26(35-30(39)40-3)29(38)36-10-4-5-25(36)28-32-14-24(34-28)18-7-9-20-19-8-6-17(23-13-31-15-33-23)11-21(19)27(37)22(20)12-18;17-14(13-7-10-3-4-12(13)6-10)16-9-11-2-1-5-15-8-11/h6-9,11-16,25-26H,4-5,10H2,1-3H3,(H,31,33)(H,32,34)(H,35,39);1-2,5,8,10,12-13H,3-4,6-7,9H2,(H,16,17)/t;10?,12?,13-/m.0/s1. The normalized spacial score (nSPS) is 20.8. The fraction of sp³-hybridized carbons (Fsp3) is 0.386. The fourth-order valence-electron chi connectivity index (χ4n) is 9.06. The van der Waals surface area contributed by atoms with E-state index >= 15 is 0 Å². The molecule has 5 aromatic rings. The number of methoxy groups -OCH3 is 1. The zero-order valence-electron chi connectivity index (χ0n) is 32.5. The molecule has 5 atom stereocenters. The maximum Gasteiger partial charge on any atom is 0.407 e. The first-order valence-corrected chi connectivity index (χ1v) is 19.9. The zero-order valence-corrected chi connectivity index (χ0v) is 32.5. The van der Waals surface area contributed by atoms with E-state index in [1.54, 1.807) is 36.0 Å². The number of imidazole rings is 2. The molecule has 3 aromatic heterocycles. The molecule has 1 saturated heterocycles. The molecule has 3 amide bonds. The average molecular weight is 769 g/mol. The largest absolute Gasteiger partial charge is 0.453 e. The lowest BCUT2D eigenvalue weighted by Crippen LogP contribution is -2.51. The summed E-state index contributed by atoms with van der Waals surface area (Å²) in [5.41, 5.74) is 7.60. The van der Waals surface area contributed by atoms with E-state index in [2.05, 4.69) is 35.6 Å². The number of likely N-dealkylation sites (tertiary alicyclic amines) is 1. The SMILES string of the molecule is COC(=O)NC(C(=O)N1CCCC1c1ncc(-c2ccc3c(c2)C(=O)c2cc(-c4cnc[nH]4)ccc2-3)[nH]1)C(C)C.O=C(NCc1cccnc1)[C@H]1CC2CCC1C2. The summed E-state index contributed by atoms with van der Waals surface area (Å²) in [6.07, 6.45) is 14.6. The Labute approximate surface area is 331 Å². The lowest BCUT2D eigenvalue weighted by Gasteiger charge is -2.30. The van der Waals surface area contributed by atoms with Gasteiger partial charge in [0.2, 0.25) is 11.8 Å². The van der Waals surface area contributed by atoms with Gasteiger partial charge < -0.3 is 30.2 Å². The molecule has 3 fully saturated rings. The van der Waals surface area contributed by atoms with Crippen molar-refractivity contribution in [2.45, 2.75) is 71.0 Å². The van der Waals surface area contributed by atoms with E-state index in [0.29, 0.717) is 36.0 Å². The second-order valence-electron chi connectivity index (χ2n) is 15.9. The number of nitrogens with one attached hydrogen (secondary N) is 4. The molecule has 4 unspecified atom stereocenters. The van der Waals surface area contributed by atoms with Crippen LogP contribution in [-0.2, 0) is 20.9 Å². The Hall–Kier alpha value is -6.11. The highest BCUT2D eigenvalue weighted by atomic mass is 16.5. The first kappa shape index (κ1) is 37.8. The molecule has 2 aromatic carbocycles. The molecule has 57 heavy (non-hydrogen) atoms. The van der Waals surface area contributed by atoms with Crippen LogP contribution in [0, 0.1) is 23.7 Å². The third kappa shape index (κ3) is 7.70. The highest BCUT2D eigenvalue weighted by Gasteiger charge is 2.43. The van der Waals surface area contributed by atoms with Gasteiger partial charge in [-0.25, -0.2) is 14.8 Å². The molecule has 294 valence electrons. The van der Waals surface area contributed by atoms with Crippen LogP contribution in [0.3, 0.4) is 0 Å². The number of ketones is 1. The van der Waals surface area contributed by atoms with Gasteiger partial charge in [-0.1, -0.05) is 50.6 Å². The van der Waals surface area contributed by atoms with E-state index in [1.807, 2.05) is 62.4 Å². The van der Waals surface area contributed by atoms with E-state index in [9.17, 15) is 19.2 Å². The van der Waals surface area contributed by atoms with E-state index in [0.717, 1.165) is 64.4 Å². The van der Waals surface area contributed by atoms with Crippen LogP contribution >= 0.6 is 0 Å². The molecular weight excluding hydrogens is 721 g/mol. The van der Waals surface area contributed by atoms with Crippen LogP contribution in [0.1, 0.15) is 85.7 Å². The predicted octanol–water partition coefficient (Wildman–Crippen LogP) is 6.86. The Bertz CT molecular complexity index is 2270. The monoisotopic (exact) mass is 768 g/mol. The first-order chi connectivity index (χ1) is 27.7. The summed E-state index contributed by atoms with van der Waals surface area (Å²) < 4.78 is 4.72. The van der Waals surface area contributed by atoms with Gasteiger partial charge in [-0.05, 0) is 84.7 Å². The molecule has 13 heteroatoms. The van der Waals surface area contributed by atoms with Gasteiger partial charge in [0, 0.05) is 53.7 Å². The molecule has 13 nitrogen and oxygen atoms in total. The number of benzene rings is 2. The number of hydrogen-bond acceptors (Lipinski definition) is 8. The van der Waals surface area contributed by atoms with Crippen molar-refractivity contribution in [1.82, 2.24) is 40.5 Å². The van der Waals surface area contributed by atoms with Crippen molar-refractivity contribution in [1.29, 1.82) is 0 Å². The van der Waals surface area contributed by atoms with Crippen LogP contribution in [0.5, 0.6) is 0 Å². The lowest BCUT2D eigenvalue weighted by molar-refractivity contribution is -0.135. The number of H-pyrrole nitrogens is 2. The molecule has 4 heterocycles. The van der Waals surface area contributed by atoms with Gasteiger partial charge in [0.05, 0.1) is 43.3 Å². The molecular formula is C44H48N8O5. The Balaban J connectivity index is 0.000000222. The summed E-state index contributed by atoms with van der Waals surface area (Å²) >= 11 is 0. The fourth-order valence-corrected chi connectivity index (χ4v) is 9.06. The van der Waals surface area contributed by atoms with E-state index in [-0.39, 0.29) is 35.5 Å². The Morgan fingerprint density at radius 1 is 0.912 bits per heavy atom. The van der Waals surface area contributed by atoms with Crippen molar-refractivity contribution in [2.24, 2.45) is 23.7 Å². The Morgan fingerprint density at radius 2 is 1.68 bits per heavy atom. The van der Waals surface area contributed by atoms with Crippen molar-refractivity contribution in [3.8, 4) is 33.6 Å². The second-order valence-corrected chi connectivity index (χ2v) is 15.9. The van der Waals surface area contributed by atoms with E-state index in [4.69, 9.17) is 4.74 Å². The van der Waals surface area contributed by atoms with Crippen molar-refractivity contribution in [3.63, 3.8) is 0 Å². The van der Waals surface area contributed by atoms with E-state index < -0.39 is 12.1 Å². The van der Waals surface area contributed by atoms with Crippen LogP contribution in [0.25, 0.3) is 33.6 Å². The second kappa shape index (κ2) is 16.2. The van der Waals surface area contributed by atoms with Crippen molar-refractivity contribution in [3.05, 3.63) is 102 Å². The smallest absolute Gasteiger partial charge is 0.407 e. The number of pyridine rings is 1. The molecule has 2 bridgehead atoms. The average Bonchev–Trinajstić information content (AvgIpc) is 4.10. The third-order valence-corrected chi connectivity index (χ3v) is 12.0. The number of ether oxygens (including phenoxy) is 1. The van der Waals surface area contributed by atoms with Crippen LogP contribution in [0.15, 0.2) is 79.6 Å². The molecule has 2 saturated carbocycles. The van der Waals surface area contributed by atoms with Crippen LogP contribution < -0.4 is 10.6 Å². The van der Waals surface area contributed by atoms with Crippen molar-refractivity contribution >= 4 is 23.7 Å². The summed E-state index contributed by atoms with van der Waals surface area (Å²) in [5, 5.41) is 5.72. The zero-order chi connectivity index (χ0) is 39.6. The van der Waals surface area contributed by atoms with E-state index in [1.165, 1.54) is 26.4 Å². The summed E-state index contributed by atoms with van der Waals surface area (Å²) in [5.74, 6) is 2.42. The van der Waals surface area contributed by atoms with Crippen LogP contribution in [0.4, 0.5) is 4.79 Å². The van der Waals surface area contributed by atoms with Gasteiger partial charge in [-0.15, -0.1) is 0 Å². The Kier molecular flexibility index (Phi) is 10.7.